The molecule has 1 aliphatic heterocycles. The van der Waals surface area contributed by atoms with E-state index in [4.69, 9.17) is 10.00 Å². The minimum Gasteiger partial charge on any atom is -0.454 e. The molecule has 24 heavy (non-hydrogen) atoms. The van der Waals surface area contributed by atoms with Gasteiger partial charge in [-0.15, -0.1) is 0 Å². The lowest BCUT2D eigenvalue weighted by molar-refractivity contribution is -0.137. The van der Waals surface area contributed by atoms with Crippen molar-refractivity contribution in [2.75, 3.05) is 11.4 Å². The molecule has 0 fully saturated rings. The van der Waals surface area contributed by atoms with Crippen molar-refractivity contribution in [1.82, 2.24) is 0 Å². The normalized spacial score (nSPS) is 13.5. The molecule has 1 amide bonds. The maximum atomic E-state index is 12.9. The van der Waals surface area contributed by atoms with Crippen LogP contribution in [0.25, 0.3) is 0 Å². The number of carbonyl (C=O) groups excluding carboxylic acids is 1. The SMILES string of the molecule is CCN1C(=O)c2cc(C(F)(F)F)ccc2Oc2cc(C#N)ccc21. The Labute approximate surface area is 135 Å². The fourth-order valence-electron chi connectivity index (χ4n) is 2.54. The Hall–Kier alpha value is -3.01. The first-order valence-electron chi connectivity index (χ1n) is 7.10. The summed E-state index contributed by atoms with van der Waals surface area (Å²) in [6.45, 7) is 1.95. The average molecular weight is 332 g/mol. The van der Waals surface area contributed by atoms with Gasteiger partial charge in [-0.25, -0.2) is 0 Å². The van der Waals surface area contributed by atoms with Gasteiger partial charge in [0.05, 0.1) is 28.4 Å². The summed E-state index contributed by atoms with van der Waals surface area (Å²) >= 11 is 0. The third-order valence-corrected chi connectivity index (χ3v) is 3.70. The van der Waals surface area contributed by atoms with E-state index in [0.29, 0.717) is 11.3 Å². The van der Waals surface area contributed by atoms with E-state index >= 15 is 0 Å². The van der Waals surface area contributed by atoms with E-state index in [9.17, 15) is 18.0 Å². The van der Waals surface area contributed by atoms with Gasteiger partial charge in [0.15, 0.2) is 5.75 Å². The Bertz CT molecular complexity index is 869. The van der Waals surface area contributed by atoms with Crippen LogP contribution >= 0.6 is 0 Å². The van der Waals surface area contributed by atoms with E-state index in [1.54, 1.807) is 13.0 Å². The molecule has 0 aliphatic carbocycles. The summed E-state index contributed by atoms with van der Waals surface area (Å²) in [5.41, 5.74) is -0.349. The number of nitrogens with zero attached hydrogens (tertiary/aromatic N) is 2. The fourth-order valence-corrected chi connectivity index (χ4v) is 2.54. The van der Waals surface area contributed by atoms with Crippen molar-refractivity contribution in [3.8, 4) is 17.6 Å². The molecule has 3 rings (SSSR count). The summed E-state index contributed by atoms with van der Waals surface area (Å²) in [6, 6.07) is 9.26. The molecule has 0 unspecified atom stereocenters. The Morgan fingerprint density at radius 2 is 1.92 bits per heavy atom. The molecule has 0 N–H and O–H groups in total. The summed E-state index contributed by atoms with van der Waals surface area (Å²) in [5.74, 6) is -0.301. The van der Waals surface area contributed by atoms with Crippen molar-refractivity contribution in [3.05, 3.63) is 53.1 Å². The highest BCUT2D eigenvalue weighted by Crippen LogP contribution is 2.41. The van der Waals surface area contributed by atoms with Crippen LogP contribution in [-0.2, 0) is 6.18 Å². The van der Waals surface area contributed by atoms with Gasteiger partial charge in [-0.3, -0.25) is 4.79 Å². The second-order valence-corrected chi connectivity index (χ2v) is 5.15. The van der Waals surface area contributed by atoms with Gasteiger partial charge in [0.2, 0.25) is 0 Å². The number of halogens is 3. The molecule has 2 aromatic carbocycles. The number of ether oxygens (including phenoxy) is 1. The van der Waals surface area contributed by atoms with Crippen molar-refractivity contribution >= 4 is 11.6 Å². The quantitative estimate of drug-likeness (QED) is 0.780. The van der Waals surface area contributed by atoms with E-state index in [-0.39, 0.29) is 23.6 Å². The number of benzene rings is 2. The monoisotopic (exact) mass is 332 g/mol. The number of hydrogen-bond donors (Lipinski definition) is 0. The zero-order chi connectivity index (χ0) is 17.5. The summed E-state index contributed by atoms with van der Waals surface area (Å²) in [7, 11) is 0. The molecule has 122 valence electrons. The Morgan fingerprint density at radius 3 is 2.54 bits per heavy atom. The zero-order valence-corrected chi connectivity index (χ0v) is 12.5. The molecular formula is C17H11F3N2O2. The number of rotatable bonds is 1. The van der Waals surface area contributed by atoms with E-state index in [0.717, 1.165) is 18.2 Å². The molecule has 0 spiro atoms. The van der Waals surface area contributed by atoms with Crippen LogP contribution in [-0.4, -0.2) is 12.5 Å². The Balaban J connectivity index is 2.20. The van der Waals surface area contributed by atoms with Crippen molar-refractivity contribution in [3.63, 3.8) is 0 Å². The fraction of sp³-hybridized carbons (Fsp3) is 0.176. The van der Waals surface area contributed by atoms with E-state index < -0.39 is 17.6 Å². The van der Waals surface area contributed by atoms with Gasteiger partial charge in [-0.2, -0.15) is 18.4 Å². The van der Waals surface area contributed by atoms with Gasteiger partial charge >= 0.3 is 6.18 Å². The van der Waals surface area contributed by atoms with Gasteiger partial charge in [-0.1, -0.05) is 0 Å². The van der Waals surface area contributed by atoms with Crippen molar-refractivity contribution < 1.29 is 22.7 Å². The van der Waals surface area contributed by atoms with Crippen LogP contribution in [0, 0.1) is 11.3 Å². The number of fused-ring (bicyclic) bond motifs is 2. The highest BCUT2D eigenvalue weighted by Gasteiger charge is 2.34. The molecule has 2 aromatic rings. The number of carbonyl (C=O) groups is 1. The number of alkyl halides is 3. The molecule has 0 radical (unpaired) electrons. The van der Waals surface area contributed by atoms with E-state index in [1.165, 1.54) is 17.0 Å². The van der Waals surface area contributed by atoms with E-state index in [1.807, 2.05) is 6.07 Å². The van der Waals surface area contributed by atoms with Crippen LogP contribution in [0.1, 0.15) is 28.4 Å². The number of amides is 1. The highest BCUT2D eigenvalue weighted by molar-refractivity contribution is 6.09. The third-order valence-electron chi connectivity index (χ3n) is 3.70. The molecule has 4 nitrogen and oxygen atoms in total. The molecular weight excluding hydrogens is 321 g/mol. The number of hydrogen-bond acceptors (Lipinski definition) is 3. The smallest absolute Gasteiger partial charge is 0.416 e. The largest absolute Gasteiger partial charge is 0.454 e. The van der Waals surface area contributed by atoms with Gasteiger partial charge in [0, 0.05) is 12.6 Å². The molecule has 0 aromatic heterocycles. The molecule has 0 atom stereocenters. The minimum atomic E-state index is -4.56. The summed E-state index contributed by atoms with van der Waals surface area (Å²) in [6.07, 6.45) is -4.56. The van der Waals surface area contributed by atoms with Crippen LogP contribution in [0.4, 0.5) is 18.9 Å². The lowest BCUT2D eigenvalue weighted by Gasteiger charge is -2.20. The lowest BCUT2D eigenvalue weighted by atomic mass is 10.1. The highest BCUT2D eigenvalue weighted by atomic mass is 19.4. The summed E-state index contributed by atoms with van der Waals surface area (Å²) in [4.78, 5) is 14.0. The molecule has 1 heterocycles. The van der Waals surface area contributed by atoms with Gasteiger partial charge < -0.3 is 9.64 Å². The Morgan fingerprint density at radius 1 is 1.17 bits per heavy atom. The first kappa shape index (κ1) is 15.9. The van der Waals surface area contributed by atoms with Crippen molar-refractivity contribution in [1.29, 1.82) is 5.26 Å². The first-order chi connectivity index (χ1) is 11.3. The van der Waals surface area contributed by atoms with Crippen LogP contribution in [0.2, 0.25) is 0 Å². The second-order valence-electron chi connectivity index (χ2n) is 5.15. The third kappa shape index (κ3) is 2.56. The minimum absolute atomic E-state index is 0.0280. The predicted molar refractivity (Wildman–Crippen MR) is 80.0 cm³/mol. The first-order valence-corrected chi connectivity index (χ1v) is 7.10. The molecule has 0 saturated carbocycles. The Kier molecular flexibility index (Phi) is 3.68. The average Bonchev–Trinajstić information content (AvgIpc) is 2.66. The molecule has 0 bridgehead atoms. The molecule has 1 aliphatic rings. The van der Waals surface area contributed by atoms with E-state index in [2.05, 4.69) is 0 Å². The van der Waals surface area contributed by atoms with Crippen LogP contribution in [0.5, 0.6) is 11.5 Å². The number of nitriles is 1. The second kappa shape index (κ2) is 5.57. The standard InChI is InChI=1S/C17H11F3N2O2/c1-2-22-13-5-3-10(9-21)7-15(13)24-14-6-4-11(17(18,19)20)8-12(14)16(22)23/h3-8H,2H2,1H3. The van der Waals surface area contributed by atoms with Gasteiger partial charge in [-0.05, 0) is 37.3 Å². The molecule has 0 saturated heterocycles. The van der Waals surface area contributed by atoms with Crippen molar-refractivity contribution in [2.45, 2.75) is 13.1 Å². The van der Waals surface area contributed by atoms with Crippen molar-refractivity contribution in [2.24, 2.45) is 0 Å². The van der Waals surface area contributed by atoms with Gasteiger partial charge in [0.25, 0.3) is 5.91 Å². The van der Waals surface area contributed by atoms with Crippen LogP contribution < -0.4 is 9.64 Å². The maximum absolute atomic E-state index is 12.9. The summed E-state index contributed by atoms with van der Waals surface area (Å²) < 4.78 is 44.4. The number of anilines is 1. The lowest BCUT2D eigenvalue weighted by Crippen LogP contribution is -2.30. The summed E-state index contributed by atoms with van der Waals surface area (Å²) in [5, 5.41) is 8.99. The van der Waals surface area contributed by atoms with Gasteiger partial charge in [0.1, 0.15) is 5.75 Å². The topological polar surface area (TPSA) is 53.3 Å². The maximum Gasteiger partial charge on any atom is 0.416 e. The zero-order valence-electron chi connectivity index (χ0n) is 12.5. The van der Waals surface area contributed by atoms with Crippen LogP contribution in [0.15, 0.2) is 36.4 Å². The van der Waals surface area contributed by atoms with Crippen LogP contribution in [0.3, 0.4) is 0 Å². The predicted octanol–water partition coefficient (Wildman–Crippen LogP) is 4.35. The molecule has 7 heteroatoms.